The summed E-state index contributed by atoms with van der Waals surface area (Å²) in [5, 5.41) is 0. The van der Waals surface area contributed by atoms with Crippen LogP contribution in [0.15, 0.2) is 60.8 Å². The molecule has 0 rings (SSSR count). The van der Waals surface area contributed by atoms with Crippen LogP contribution in [0.4, 0.5) is 0 Å². The fourth-order valence-electron chi connectivity index (χ4n) is 7.56. The molecule has 6 heteroatoms. The summed E-state index contributed by atoms with van der Waals surface area (Å²) in [7, 11) is 0. The standard InChI is InChI=1S/C58H102O6/c1-4-7-10-13-16-19-22-25-28-31-33-36-39-42-45-48-51-57(60)63-54-55(64-58(61)52-49-46-43-40-37-34-30-27-24-21-18-15-12-9-6-3)53-62-56(59)50-47-44-41-38-35-32-29-26-23-20-17-14-11-8-5-2/h17-18,20-21,26-31,55H,4-16,19,22-25,32-54H2,1-3H3/b20-17-,21-18-,29-26-,30-27-,31-28-/t55-/m1/s1. The molecular formula is C58H102O6. The number of rotatable bonds is 49. The second-order valence-electron chi connectivity index (χ2n) is 18.1. The highest BCUT2D eigenvalue weighted by Crippen LogP contribution is 2.14. The second kappa shape index (κ2) is 52.7. The van der Waals surface area contributed by atoms with Crippen LogP contribution in [-0.4, -0.2) is 37.2 Å². The predicted molar refractivity (Wildman–Crippen MR) is 275 cm³/mol. The van der Waals surface area contributed by atoms with Gasteiger partial charge in [-0.2, -0.15) is 0 Å². The maximum atomic E-state index is 12.8. The number of carbonyl (C=O) groups is 3. The van der Waals surface area contributed by atoms with Gasteiger partial charge in [0.05, 0.1) is 0 Å². The molecule has 0 aromatic rings. The molecule has 0 aliphatic heterocycles. The van der Waals surface area contributed by atoms with Crippen molar-refractivity contribution in [3.8, 4) is 0 Å². The molecule has 0 aromatic heterocycles. The molecule has 0 saturated heterocycles. The van der Waals surface area contributed by atoms with E-state index >= 15 is 0 Å². The number of hydrogen-bond acceptors (Lipinski definition) is 6. The van der Waals surface area contributed by atoms with E-state index in [9.17, 15) is 14.4 Å². The van der Waals surface area contributed by atoms with Crippen LogP contribution >= 0.6 is 0 Å². The average molecular weight is 895 g/mol. The summed E-state index contributed by atoms with van der Waals surface area (Å²) in [5.41, 5.74) is 0. The lowest BCUT2D eigenvalue weighted by Gasteiger charge is -2.18. The Balaban J connectivity index is 4.43. The Morgan fingerprint density at radius 1 is 0.312 bits per heavy atom. The third-order valence-corrected chi connectivity index (χ3v) is 11.7. The van der Waals surface area contributed by atoms with Crippen molar-refractivity contribution >= 4 is 17.9 Å². The van der Waals surface area contributed by atoms with Crippen molar-refractivity contribution in [2.75, 3.05) is 13.2 Å². The van der Waals surface area contributed by atoms with Gasteiger partial charge in [0.25, 0.3) is 0 Å². The first-order chi connectivity index (χ1) is 31.5. The minimum Gasteiger partial charge on any atom is -0.462 e. The summed E-state index contributed by atoms with van der Waals surface area (Å²) in [4.78, 5) is 38.1. The molecule has 0 spiro atoms. The number of ether oxygens (including phenoxy) is 3. The van der Waals surface area contributed by atoms with Crippen molar-refractivity contribution in [3.63, 3.8) is 0 Å². The van der Waals surface area contributed by atoms with Crippen LogP contribution in [0, 0.1) is 0 Å². The van der Waals surface area contributed by atoms with E-state index < -0.39 is 6.10 Å². The van der Waals surface area contributed by atoms with Crippen molar-refractivity contribution in [2.45, 2.75) is 277 Å². The normalized spacial score (nSPS) is 12.5. The molecule has 0 radical (unpaired) electrons. The molecule has 0 amide bonds. The van der Waals surface area contributed by atoms with Gasteiger partial charge in [-0.15, -0.1) is 0 Å². The molecule has 6 nitrogen and oxygen atoms in total. The van der Waals surface area contributed by atoms with Crippen molar-refractivity contribution in [1.82, 2.24) is 0 Å². The minimum absolute atomic E-state index is 0.0884. The fourth-order valence-corrected chi connectivity index (χ4v) is 7.56. The molecular weight excluding hydrogens is 793 g/mol. The number of hydrogen-bond donors (Lipinski definition) is 0. The first-order valence-corrected chi connectivity index (χ1v) is 27.3. The van der Waals surface area contributed by atoms with E-state index in [-0.39, 0.29) is 31.1 Å². The number of allylic oxidation sites excluding steroid dienone is 10. The zero-order chi connectivity index (χ0) is 46.5. The van der Waals surface area contributed by atoms with Gasteiger partial charge in [-0.3, -0.25) is 14.4 Å². The van der Waals surface area contributed by atoms with Gasteiger partial charge in [-0.1, -0.05) is 204 Å². The maximum absolute atomic E-state index is 12.8. The number of carbonyl (C=O) groups excluding carboxylic acids is 3. The summed E-state index contributed by atoms with van der Waals surface area (Å²) in [5.74, 6) is -0.917. The van der Waals surface area contributed by atoms with Gasteiger partial charge in [0, 0.05) is 19.3 Å². The summed E-state index contributed by atoms with van der Waals surface area (Å²) in [6, 6.07) is 0. The van der Waals surface area contributed by atoms with E-state index in [2.05, 4.69) is 81.5 Å². The topological polar surface area (TPSA) is 78.9 Å². The molecule has 0 saturated carbocycles. The third-order valence-electron chi connectivity index (χ3n) is 11.7. The van der Waals surface area contributed by atoms with Crippen molar-refractivity contribution < 1.29 is 28.6 Å². The zero-order valence-electron chi connectivity index (χ0n) is 42.3. The highest BCUT2D eigenvalue weighted by molar-refractivity contribution is 5.71. The van der Waals surface area contributed by atoms with Gasteiger partial charge in [-0.05, 0) is 109 Å². The Hall–Kier alpha value is -2.89. The Kier molecular flexibility index (Phi) is 50.4. The van der Waals surface area contributed by atoms with Gasteiger partial charge in [-0.25, -0.2) is 0 Å². The summed E-state index contributed by atoms with van der Waals surface area (Å²) in [6.07, 6.45) is 64.8. The lowest BCUT2D eigenvalue weighted by atomic mass is 10.1. The summed E-state index contributed by atoms with van der Waals surface area (Å²) in [6.45, 7) is 6.57. The Morgan fingerprint density at radius 3 is 0.906 bits per heavy atom. The van der Waals surface area contributed by atoms with E-state index in [0.717, 1.165) is 109 Å². The number of esters is 3. The SMILES string of the molecule is CCCCC/C=C\C/C=C\CCCCCCCC(=O)OC[C@H](COC(=O)CCCCCCC/C=C\CCCCCCCCC)OC(=O)CCCCCCC/C=C\C/C=C\CCCCC. The minimum atomic E-state index is -0.790. The third kappa shape index (κ3) is 50.1. The van der Waals surface area contributed by atoms with Gasteiger partial charge in [0.1, 0.15) is 13.2 Å². The largest absolute Gasteiger partial charge is 0.462 e. The lowest BCUT2D eigenvalue weighted by molar-refractivity contribution is -0.167. The Morgan fingerprint density at radius 2 is 0.562 bits per heavy atom. The van der Waals surface area contributed by atoms with E-state index in [1.165, 1.54) is 122 Å². The predicted octanol–water partition coefficient (Wildman–Crippen LogP) is 18.0. The quantitative estimate of drug-likeness (QED) is 0.0262. The molecule has 0 heterocycles. The van der Waals surface area contributed by atoms with Crippen LogP contribution < -0.4 is 0 Å². The molecule has 0 bridgehead atoms. The summed E-state index contributed by atoms with van der Waals surface area (Å²) < 4.78 is 16.8. The van der Waals surface area contributed by atoms with Crippen molar-refractivity contribution in [1.29, 1.82) is 0 Å². The molecule has 0 aromatic carbocycles. The van der Waals surface area contributed by atoms with Crippen molar-refractivity contribution in [2.24, 2.45) is 0 Å². The van der Waals surface area contributed by atoms with Gasteiger partial charge >= 0.3 is 17.9 Å². The first kappa shape index (κ1) is 61.1. The smallest absolute Gasteiger partial charge is 0.306 e. The van der Waals surface area contributed by atoms with E-state index in [0.29, 0.717) is 19.3 Å². The molecule has 0 unspecified atom stereocenters. The summed E-state index contributed by atoms with van der Waals surface area (Å²) >= 11 is 0. The zero-order valence-corrected chi connectivity index (χ0v) is 42.3. The molecule has 0 aliphatic carbocycles. The maximum Gasteiger partial charge on any atom is 0.306 e. The van der Waals surface area contributed by atoms with E-state index in [4.69, 9.17) is 14.2 Å². The van der Waals surface area contributed by atoms with Crippen LogP contribution in [0.1, 0.15) is 271 Å². The van der Waals surface area contributed by atoms with E-state index in [1.54, 1.807) is 0 Å². The second-order valence-corrected chi connectivity index (χ2v) is 18.1. The monoisotopic (exact) mass is 895 g/mol. The van der Waals surface area contributed by atoms with Crippen LogP contribution in [0.25, 0.3) is 0 Å². The van der Waals surface area contributed by atoms with Gasteiger partial charge in [0.15, 0.2) is 6.10 Å². The average Bonchev–Trinajstić information content (AvgIpc) is 3.29. The molecule has 1 atom stereocenters. The van der Waals surface area contributed by atoms with E-state index in [1.807, 2.05) is 0 Å². The number of unbranched alkanes of at least 4 members (excludes halogenated alkanes) is 28. The molecule has 0 N–H and O–H groups in total. The van der Waals surface area contributed by atoms with Crippen LogP contribution in [0.3, 0.4) is 0 Å². The molecule has 0 fully saturated rings. The Labute approximate surface area is 396 Å². The highest BCUT2D eigenvalue weighted by Gasteiger charge is 2.19. The molecule has 370 valence electrons. The molecule has 0 aliphatic rings. The van der Waals surface area contributed by atoms with Crippen LogP contribution in [0.2, 0.25) is 0 Å². The lowest BCUT2D eigenvalue weighted by Crippen LogP contribution is -2.30. The van der Waals surface area contributed by atoms with Crippen LogP contribution in [-0.2, 0) is 28.6 Å². The molecule has 64 heavy (non-hydrogen) atoms. The van der Waals surface area contributed by atoms with Crippen molar-refractivity contribution in [3.05, 3.63) is 60.8 Å². The van der Waals surface area contributed by atoms with Gasteiger partial charge < -0.3 is 14.2 Å². The van der Waals surface area contributed by atoms with Crippen LogP contribution in [0.5, 0.6) is 0 Å². The Bertz CT molecular complexity index is 1170. The first-order valence-electron chi connectivity index (χ1n) is 27.3. The highest BCUT2D eigenvalue weighted by atomic mass is 16.6. The fraction of sp³-hybridized carbons (Fsp3) is 0.776. The van der Waals surface area contributed by atoms with Gasteiger partial charge in [0.2, 0.25) is 0 Å².